The van der Waals surface area contributed by atoms with Crippen molar-refractivity contribution in [3.63, 3.8) is 0 Å². The van der Waals surface area contributed by atoms with Gasteiger partial charge >= 0.3 is 0 Å². The molecule has 0 bridgehead atoms. The summed E-state index contributed by atoms with van der Waals surface area (Å²) in [5.74, 6) is 0. The summed E-state index contributed by atoms with van der Waals surface area (Å²) in [5.41, 5.74) is 6.04. The molecule has 0 radical (unpaired) electrons. The first-order valence-electron chi connectivity index (χ1n) is 10.2. The average Bonchev–Trinajstić information content (AvgIpc) is 2.88. The van der Waals surface area contributed by atoms with Crippen molar-refractivity contribution in [2.24, 2.45) is 0 Å². The highest BCUT2D eigenvalue weighted by molar-refractivity contribution is 5.79. The van der Waals surface area contributed by atoms with E-state index in [1.165, 1.54) is 0 Å². The molecule has 0 spiro atoms. The first-order valence-corrected chi connectivity index (χ1v) is 10.2. The maximum Gasteiger partial charge on any atom is 0.159 e. The molecule has 6 aromatic heterocycles. The normalized spacial score (nSPS) is 11.1. The molecule has 0 aliphatic heterocycles. The highest BCUT2D eigenvalue weighted by Gasteiger charge is 2.09. The molecule has 0 N–H and O–H groups in total. The second kappa shape index (κ2) is 7.59. The molecule has 0 atom stereocenters. The van der Waals surface area contributed by atoms with Gasteiger partial charge < -0.3 is 0 Å². The minimum absolute atomic E-state index is 0.702. The van der Waals surface area contributed by atoms with Crippen molar-refractivity contribution in [2.75, 3.05) is 0 Å². The van der Waals surface area contributed by atoms with Crippen molar-refractivity contribution < 1.29 is 0 Å². The van der Waals surface area contributed by atoms with Crippen LogP contribution >= 0.6 is 0 Å². The van der Waals surface area contributed by atoms with Crippen LogP contribution in [0.15, 0.2) is 97.3 Å². The molecule has 0 unspecified atom stereocenters. The highest BCUT2D eigenvalue weighted by Crippen LogP contribution is 2.24. The van der Waals surface area contributed by atoms with Crippen molar-refractivity contribution in [3.05, 3.63) is 97.3 Å². The van der Waals surface area contributed by atoms with Crippen molar-refractivity contribution in [1.29, 1.82) is 0 Å². The Morgan fingerprint density at radius 2 is 0.750 bits per heavy atom. The molecule has 0 saturated carbocycles. The molecule has 0 fully saturated rings. The van der Waals surface area contributed by atoms with Crippen LogP contribution in [0.5, 0.6) is 0 Å². The lowest BCUT2D eigenvalue weighted by Gasteiger charge is -2.07. The SMILES string of the molecule is c1cc(-c2cccc(-c3ccc4cccnc4n3)n2)nc(-c2ccc3cccnc3n2)c1. The maximum atomic E-state index is 4.82. The van der Waals surface area contributed by atoms with Crippen LogP contribution in [0.2, 0.25) is 0 Å². The van der Waals surface area contributed by atoms with Crippen molar-refractivity contribution >= 4 is 22.1 Å². The zero-order valence-corrected chi connectivity index (χ0v) is 16.9. The van der Waals surface area contributed by atoms with E-state index in [9.17, 15) is 0 Å². The van der Waals surface area contributed by atoms with E-state index < -0.39 is 0 Å². The molecular weight excluding hydrogens is 396 g/mol. The fourth-order valence-electron chi connectivity index (χ4n) is 3.63. The van der Waals surface area contributed by atoms with Crippen LogP contribution in [0.4, 0.5) is 0 Å². The largest absolute Gasteiger partial charge is 0.245 e. The Morgan fingerprint density at radius 1 is 0.344 bits per heavy atom. The predicted molar refractivity (Wildman–Crippen MR) is 125 cm³/mol. The highest BCUT2D eigenvalue weighted by atomic mass is 14.9. The molecular formula is C26H16N6. The molecule has 0 amide bonds. The standard InChI is InChI=1S/C26H16N6/c1-7-19(29-21(9-1)23-13-11-17-5-3-15-27-25(17)31-23)20-8-2-10-22(30-20)24-14-12-18-6-4-16-28-26(18)32-24/h1-16H. The second-order valence-corrected chi connectivity index (χ2v) is 7.31. The molecule has 6 rings (SSSR count). The molecule has 0 aromatic carbocycles. The summed E-state index contributed by atoms with van der Waals surface area (Å²) < 4.78 is 0. The van der Waals surface area contributed by atoms with Gasteiger partial charge in [-0.2, -0.15) is 0 Å². The molecule has 0 aliphatic rings. The molecule has 0 aliphatic carbocycles. The monoisotopic (exact) mass is 412 g/mol. The smallest absolute Gasteiger partial charge is 0.159 e. The number of nitrogens with zero attached hydrogens (tertiary/aromatic N) is 6. The molecule has 6 heterocycles. The van der Waals surface area contributed by atoms with E-state index in [0.29, 0.717) is 11.3 Å². The molecule has 6 heteroatoms. The first-order chi connectivity index (χ1) is 15.8. The van der Waals surface area contributed by atoms with Gasteiger partial charge in [0.1, 0.15) is 0 Å². The molecule has 6 nitrogen and oxygen atoms in total. The predicted octanol–water partition coefficient (Wildman–Crippen LogP) is 5.36. The quantitative estimate of drug-likeness (QED) is 0.389. The fourth-order valence-corrected chi connectivity index (χ4v) is 3.63. The van der Waals surface area contributed by atoms with E-state index in [1.807, 2.05) is 84.9 Å². The van der Waals surface area contributed by atoms with Gasteiger partial charge in [0.05, 0.1) is 34.2 Å². The lowest BCUT2D eigenvalue weighted by Crippen LogP contribution is -1.95. The number of fused-ring (bicyclic) bond motifs is 2. The van der Waals surface area contributed by atoms with Gasteiger partial charge in [0, 0.05) is 23.2 Å². The van der Waals surface area contributed by atoms with E-state index in [-0.39, 0.29) is 0 Å². The zero-order valence-electron chi connectivity index (χ0n) is 16.9. The Hall–Kier alpha value is -4.58. The topological polar surface area (TPSA) is 77.3 Å². The lowest BCUT2D eigenvalue weighted by atomic mass is 10.1. The third-order valence-electron chi connectivity index (χ3n) is 5.21. The summed E-state index contributed by atoms with van der Waals surface area (Å²) in [6, 6.07) is 27.5. The van der Waals surface area contributed by atoms with E-state index in [4.69, 9.17) is 9.97 Å². The third-order valence-corrected chi connectivity index (χ3v) is 5.21. The van der Waals surface area contributed by atoms with Gasteiger partial charge in [0.25, 0.3) is 0 Å². The third kappa shape index (κ3) is 3.33. The number of pyridine rings is 6. The van der Waals surface area contributed by atoms with Crippen molar-refractivity contribution in [1.82, 2.24) is 29.9 Å². The van der Waals surface area contributed by atoms with Crippen LogP contribution in [-0.2, 0) is 0 Å². The molecule has 0 saturated heterocycles. The summed E-state index contributed by atoms with van der Waals surface area (Å²) in [5, 5.41) is 2.00. The van der Waals surface area contributed by atoms with Crippen molar-refractivity contribution in [3.8, 4) is 34.2 Å². The van der Waals surface area contributed by atoms with Crippen LogP contribution in [0.3, 0.4) is 0 Å². The maximum absolute atomic E-state index is 4.82. The van der Waals surface area contributed by atoms with E-state index in [1.54, 1.807) is 12.4 Å². The van der Waals surface area contributed by atoms with Gasteiger partial charge in [-0.25, -0.2) is 29.9 Å². The van der Waals surface area contributed by atoms with Crippen LogP contribution in [0, 0.1) is 0 Å². The van der Waals surface area contributed by atoms with E-state index >= 15 is 0 Å². The van der Waals surface area contributed by atoms with Crippen LogP contribution in [0.25, 0.3) is 56.2 Å². The van der Waals surface area contributed by atoms with Crippen LogP contribution < -0.4 is 0 Å². The lowest BCUT2D eigenvalue weighted by molar-refractivity contribution is 1.20. The molecule has 150 valence electrons. The Kier molecular flexibility index (Phi) is 4.32. The van der Waals surface area contributed by atoms with Crippen molar-refractivity contribution in [2.45, 2.75) is 0 Å². The summed E-state index contributed by atoms with van der Waals surface area (Å²) in [6.07, 6.45) is 3.49. The first kappa shape index (κ1) is 18.2. The molecule has 32 heavy (non-hydrogen) atoms. The minimum Gasteiger partial charge on any atom is -0.245 e. The van der Waals surface area contributed by atoms with Gasteiger partial charge in [0.15, 0.2) is 11.3 Å². The number of hydrogen-bond acceptors (Lipinski definition) is 6. The summed E-state index contributed by atoms with van der Waals surface area (Å²) in [4.78, 5) is 27.7. The number of aromatic nitrogens is 6. The summed E-state index contributed by atoms with van der Waals surface area (Å²) >= 11 is 0. The van der Waals surface area contributed by atoms with Gasteiger partial charge in [0.2, 0.25) is 0 Å². The fraction of sp³-hybridized carbons (Fsp3) is 0. The zero-order chi connectivity index (χ0) is 21.3. The van der Waals surface area contributed by atoms with Gasteiger partial charge in [-0.05, 0) is 72.8 Å². The summed E-state index contributed by atoms with van der Waals surface area (Å²) in [6.45, 7) is 0. The van der Waals surface area contributed by atoms with E-state index in [0.717, 1.165) is 44.9 Å². The van der Waals surface area contributed by atoms with Gasteiger partial charge in [-0.15, -0.1) is 0 Å². The van der Waals surface area contributed by atoms with Gasteiger partial charge in [-0.1, -0.05) is 12.1 Å². The van der Waals surface area contributed by atoms with Gasteiger partial charge in [-0.3, -0.25) is 0 Å². The number of hydrogen-bond donors (Lipinski definition) is 0. The van der Waals surface area contributed by atoms with Crippen LogP contribution in [0.1, 0.15) is 0 Å². The number of rotatable bonds is 3. The Labute approximate surface area is 183 Å². The minimum atomic E-state index is 0.702. The second-order valence-electron chi connectivity index (χ2n) is 7.31. The summed E-state index contributed by atoms with van der Waals surface area (Å²) in [7, 11) is 0. The van der Waals surface area contributed by atoms with E-state index in [2.05, 4.69) is 19.9 Å². The Bertz CT molecular complexity index is 1470. The molecule has 6 aromatic rings. The Morgan fingerprint density at radius 3 is 1.19 bits per heavy atom. The average molecular weight is 412 g/mol. The van der Waals surface area contributed by atoms with Crippen LogP contribution in [-0.4, -0.2) is 29.9 Å². The Balaban J connectivity index is 1.39.